The summed E-state index contributed by atoms with van der Waals surface area (Å²) in [4.78, 5) is 0. The van der Waals surface area contributed by atoms with Crippen LogP contribution in [0.4, 0.5) is 17.6 Å². The van der Waals surface area contributed by atoms with E-state index < -0.39 is 23.3 Å². The van der Waals surface area contributed by atoms with Gasteiger partial charge in [0.25, 0.3) is 0 Å². The van der Waals surface area contributed by atoms with Crippen molar-refractivity contribution in [2.24, 2.45) is 5.92 Å². The topological polar surface area (TPSA) is 9.23 Å². The zero-order valence-corrected chi connectivity index (χ0v) is 20.3. The Morgan fingerprint density at radius 2 is 1.47 bits per heavy atom. The lowest BCUT2D eigenvalue weighted by molar-refractivity contribution is 0.288. The van der Waals surface area contributed by atoms with E-state index in [1.54, 1.807) is 18.2 Å². The first kappa shape index (κ1) is 26.3. The van der Waals surface area contributed by atoms with E-state index in [1.165, 1.54) is 6.07 Å². The van der Waals surface area contributed by atoms with E-state index in [2.05, 4.69) is 6.08 Å². The summed E-state index contributed by atoms with van der Waals surface area (Å²) in [7, 11) is 0. The molecular weight excluding hydrogens is 440 g/mol. The third kappa shape index (κ3) is 6.64. The highest BCUT2D eigenvalue weighted by atomic mass is 19.2. The standard InChI is InChI=1S/C29H36F4O/c1-3-5-19-34-25-18-16-23(27(31)29(25)33)10-7-6-9-20-11-13-21(14-12-20)24-17-15-22(8-4-2)26(30)28(24)32/h6,9,15-18,20-21H,3-5,7-8,10-14,19H2,1-2H3/b9-6+. The number of aryl methyl sites for hydroxylation is 2. The van der Waals surface area contributed by atoms with Gasteiger partial charge in [0, 0.05) is 0 Å². The molecule has 1 aliphatic rings. The molecule has 0 N–H and O–H groups in total. The Labute approximate surface area is 201 Å². The summed E-state index contributed by atoms with van der Waals surface area (Å²) < 4.78 is 62.8. The van der Waals surface area contributed by atoms with E-state index in [-0.39, 0.29) is 11.7 Å². The maximum absolute atomic E-state index is 14.6. The lowest BCUT2D eigenvalue weighted by Crippen LogP contribution is -2.14. The molecule has 0 spiro atoms. The average Bonchev–Trinajstić information content (AvgIpc) is 2.84. The van der Waals surface area contributed by atoms with Crippen molar-refractivity contribution < 1.29 is 22.3 Å². The highest BCUT2D eigenvalue weighted by Crippen LogP contribution is 2.38. The largest absolute Gasteiger partial charge is 0.490 e. The van der Waals surface area contributed by atoms with Crippen LogP contribution in [-0.4, -0.2) is 6.61 Å². The van der Waals surface area contributed by atoms with Crippen LogP contribution in [0.25, 0.3) is 0 Å². The van der Waals surface area contributed by atoms with Crippen LogP contribution in [0, 0.1) is 29.2 Å². The molecule has 0 aliphatic heterocycles. The van der Waals surface area contributed by atoms with E-state index in [1.807, 2.05) is 19.9 Å². The first-order chi connectivity index (χ1) is 16.5. The van der Waals surface area contributed by atoms with Crippen LogP contribution in [0.3, 0.4) is 0 Å². The number of rotatable bonds is 11. The molecule has 186 valence electrons. The molecule has 1 nitrogen and oxygen atoms in total. The first-order valence-corrected chi connectivity index (χ1v) is 12.7. The van der Waals surface area contributed by atoms with Crippen molar-refractivity contribution in [2.45, 2.75) is 84.0 Å². The van der Waals surface area contributed by atoms with Gasteiger partial charge < -0.3 is 4.74 Å². The second-order valence-electron chi connectivity index (χ2n) is 9.32. The summed E-state index contributed by atoms with van der Waals surface area (Å²) in [5, 5.41) is 0. The van der Waals surface area contributed by atoms with Crippen LogP contribution in [0.5, 0.6) is 5.75 Å². The molecule has 34 heavy (non-hydrogen) atoms. The van der Waals surface area contributed by atoms with Gasteiger partial charge in [0.1, 0.15) is 0 Å². The van der Waals surface area contributed by atoms with Gasteiger partial charge in [-0.3, -0.25) is 0 Å². The van der Waals surface area contributed by atoms with Crippen molar-refractivity contribution in [1.29, 1.82) is 0 Å². The minimum absolute atomic E-state index is 0.0293. The Balaban J connectivity index is 1.48. The van der Waals surface area contributed by atoms with Crippen LogP contribution < -0.4 is 4.74 Å². The summed E-state index contributed by atoms with van der Waals surface area (Å²) in [5.74, 6) is -2.72. The third-order valence-electron chi connectivity index (χ3n) is 6.79. The summed E-state index contributed by atoms with van der Waals surface area (Å²) in [6.45, 7) is 4.34. The Morgan fingerprint density at radius 3 is 2.18 bits per heavy atom. The minimum Gasteiger partial charge on any atom is -0.490 e. The van der Waals surface area contributed by atoms with Gasteiger partial charge in [0.2, 0.25) is 5.82 Å². The second-order valence-corrected chi connectivity index (χ2v) is 9.32. The van der Waals surface area contributed by atoms with Gasteiger partial charge >= 0.3 is 0 Å². The predicted octanol–water partition coefficient (Wildman–Crippen LogP) is 8.84. The molecule has 1 saturated carbocycles. The summed E-state index contributed by atoms with van der Waals surface area (Å²) >= 11 is 0. The van der Waals surface area contributed by atoms with Crippen molar-refractivity contribution in [1.82, 2.24) is 0 Å². The molecule has 0 bridgehead atoms. The average molecular weight is 477 g/mol. The minimum atomic E-state index is -0.915. The lowest BCUT2D eigenvalue weighted by atomic mass is 9.78. The highest BCUT2D eigenvalue weighted by molar-refractivity contribution is 5.32. The smallest absolute Gasteiger partial charge is 0.200 e. The Hall–Kier alpha value is -2.30. The molecule has 0 heterocycles. The highest BCUT2D eigenvalue weighted by Gasteiger charge is 2.25. The summed E-state index contributed by atoms with van der Waals surface area (Å²) in [6, 6.07) is 6.59. The Morgan fingerprint density at radius 1 is 0.794 bits per heavy atom. The van der Waals surface area contributed by atoms with Crippen molar-refractivity contribution in [3.8, 4) is 5.75 Å². The van der Waals surface area contributed by atoms with Gasteiger partial charge in [-0.15, -0.1) is 0 Å². The first-order valence-electron chi connectivity index (χ1n) is 12.7. The van der Waals surface area contributed by atoms with E-state index in [4.69, 9.17) is 4.74 Å². The van der Waals surface area contributed by atoms with E-state index in [0.29, 0.717) is 48.5 Å². The van der Waals surface area contributed by atoms with Crippen LogP contribution in [0.2, 0.25) is 0 Å². The molecule has 5 heteroatoms. The Bertz CT molecular complexity index is 961. The van der Waals surface area contributed by atoms with E-state index in [9.17, 15) is 17.6 Å². The molecule has 0 unspecified atom stereocenters. The molecule has 1 fully saturated rings. The van der Waals surface area contributed by atoms with Gasteiger partial charge in [-0.05, 0) is 86.0 Å². The van der Waals surface area contributed by atoms with Crippen molar-refractivity contribution in [3.05, 3.63) is 76.4 Å². The van der Waals surface area contributed by atoms with E-state index in [0.717, 1.165) is 44.9 Å². The van der Waals surface area contributed by atoms with Gasteiger partial charge in [0.15, 0.2) is 23.2 Å². The maximum Gasteiger partial charge on any atom is 0.200 e. The van der Waals surface area contributed by atoms with Gasteiger partial charge in [0.05, 0.1) is 6.61 Å². The van der Waals surface area contributed by atoms with Gasteiger partial charge in [-0.2, -0.15) is 4.39 Å². The van der Waals surface area contributed by atoms with Crippen LogP contribution in [-0.2, 0) is 12.8 Å². The Kier molecular flexibility index (Phi) is 10.0. The molecule has 2 aromatic rings. The number of allylic oxidation sites excluding steroid dienone is 2. The fourth-order valence-electron chi connectivity index (χ4n) is 4.74. The number of benzene rings is 2. The van der Waals surface area contributed by atoms with Crippen molar-refractivity contribution in [3.63, 3.8) is 0 Å². The molecule has 0 atom stereocenters. The van der Waals surface area contributed by atoms with Crippen molar-refractivity contribution >= 4 is 0 Å². The molecule has 0 amide bonds. The molecule has 1 aliphatic carbocycles. The molecule has 0 saturated heterocycles. The zero-order valence-electron chi connectivity index (χ0n) is 20.3. The van der Waals surface area contributed by atoms with Crippen LogP contribution in [0.1, 0.15) is 87.8 Å². The van der Waals surface area contributed by atoms with Gasteiger partial charge in [-0.1, -0.05) is 57.0 Å². The SMILES string of the molecule is CCCCOc1ccc(CC/C=C/C2CCC(c3ccc(CCC)c(F)c3F)CC2)c(F)c1F. The fraction of sp³-hybridized carbons (Fsp3) is 0.517. The second kappa shape index (κ2) is 13.0. The number of hydrogen-bond acceptors (Lipinski definition) is 1. The number of unbranched alkanes of at least 4 members (excludes halogenated alkanes) is 1. The maximum atomic E-state index is 14.6. The molecule has 0 radical (unpaired) electrons. The van der Waals surface area contributed by atoms with Gasteiger partial charge in [-0.25, -0.2) is 13.2 Å². The fourth-order valence-corrected chi connectivity index (χ4v) is 4.74. The number of halogens is 4. The molecule has 2 aromatic carbocycles. The normalized spacial score (nSPS) is 18.5. The number of ether oxygens (including phenoxy) is 1. The number of hydrogen-bond donors (Lipinski definition) is 0. The van der Waals surface area contributed by atoms with Crippen LogP contribution >= 0.6 is 0 Å². The third-order valence-corrected chi connectivity index (χ3v) is 6.79. The van der Waals surface area contributed by atoms with Crippen molar-refractivity contribution in [2.75, 3.05) is 6.61 Å². The zero-order chi connectivity index (χ0) is 24.5. The molecular formula is C29H36F4O. The summed E-state index contributed by atoms with van der Waals surface area (Å²) in [5.41, 5.74) is 1.30. The molecule has 3 rings (SSSR count). The lowest BCUT2D eigenvalue weighted by Gasteiger charge is -2.27. The molecule has 0 aromatic heterocycles. The summed E-state index contributed by atoms with van der Waals surface area (Å²) in [6.07, 6.45) is 11.7. The monoisotopic (exact) mass is 476 g/mol. The van der Waals surface area contributed by atoms with E-state index >= 15 is 0 Å². The predicted molar refractivity (Wildman–Crippen MR) is 129 cm³/mol. The quantitative estimate of drug-likeness (QED) is 0.179. The van der Waals surface area contributed by atoms with Crippen LogP contribution in [0.15, 0.2) is 36.4 Å².